The van der Waals surface area contributed by atoms with Crippen LogP contribution in [0.15, 0.2) is 11.3 Å². The molecule has 3 nitrogen and oxygen atoms in total. The Kier molecular flexibility index (Phi) is 4.20. The van der Waals surface area contributed by atoms with E-state index >= 15 is 0 Å². The highest BCUT2D eigenvalue weighted by molar-refractivity contribution is 6.01. The monoisotopic (exact) mass is 140 g/mol. The van der Waals surface area contributed by atoms with Crippen LogP contribution in [0.4, 0.5) is 0 Å². The first-order valence-electron chi connectivity index (χ1n) is 3.16. The van der Waals surface area contributed by atoms with Gasteiger partial charge in [0, 0.05) is 18.5 Å². The van der Waals surface area contributed by atoms with E-state index in [1.54, 1.807) is 6.92 Å². The average molecular weight is 140 g/mol. The van der Waals surface area contributed by atoms with Crippen LogP contribution in [0.5, 0.6) is 0 Å². The van der Waals surface area contributed by atoms with Crippen molar-refractivity contribution >= 4 is 12.5 Å². The molecule has 0 aliphatic heterocycles. The zero-order valence-electron chi connectivity index (χ0n) is 6.27. The first kappa shape index (κ1) is 8.88. The lowest BCUT2D eigenvalue weighted by molar-refractivity contribution is -0.104. The maximum Gasteiger partial charge on any atom is 0.153 e. The second-order valence-electron chi connectivity index (χ2n) is 1.87. The van der Waals surface area contributed by atoms with Gasteiger partial charge in [-0.3, -0.25) is 4.79 Å². The van der Waals surface area contributed by atoms with Crippen molar-refractivity contribution in [3.05, 3.63) is 11.3 Å². The van der Waals surface area contributed by atoms with Crippen LogP contribution in [0.3, 0.4) is 0 Å². The van der Waals surface area contributed by atoms with Gasteiger partial charge in [-0.1, -0.05) is 0 Å². The van der Waals surface area contributed by atoms with E-state index in [1.165, 1.54) is 0 Å². The molecule has 2 N–H and O–H groups in total. The Morgan fingerprint density at radius 2 is 2.30 bits per heavy atom. The minimum absolute atomic E-state index is 0.404. The molecule has 0 rings (SSSR count). The molecular formula is C7H12N2O. The quantitative estimate of drug-likeness (QED) is 0.343. The fraction of sp³-hybridized carbons (Fsp3) is 0.429. The summed E-state index contributed by atoms with van der Waals surface area (Å²) in [5.74, 6) is 0. The lowest BCUT2D eigenvalue weighted by atomic mass is 10.2. The van der Waals surface area contributed by atoms with Crippen molar-refractivity contribution in [3.63, 3.8) is 0 Å². The van der Waals surface area contributed by atoms with Crippen molar-refractivity contribution in [1.82, 2.24) is 5.32 Å². The minimum atomic E-state index is 0.404. The summed E-state index contributed by atoms with van der Waals surface area (Å²) in [5.41, 5.74) is 1.16. The first-order valence-corrected chi connectivity index (χ1v) is 3.16. The molecule has 0 aliphatic carbocycles. The molecule has 56 valence electrons. The predicted molar refractivity (Wildman–Crippen MR) is 41.2 cm³/mol. The molecule has 10 heavy (non-hydrogen) atoms. The van der Waals surface area contributed by atoms with E-state index in [4.69, 9.17) is 5.41 Å². The molecule has 0 saturated heterocycles. The normalized spacial score (nSPS) is 11.8. The molecule has 0 aliphatic rings. The van der Waals surface area contributed by atoms with Gasteiger partial charge < -0.3 is 10.7 Å². The predicted octanol–water partition coefficient (Wildman–Crippen LogP) is 0.718. The number of nitrogens with one attached hydrogen (secondary N) is 2. The summed E-state index contributed by atoms with van der Waals surface area (Å²) in [6.45, 7) is 4.49. The molecule has 0 aromatic rings. The molecule has 0 amide bonds. The van der Waals surface area contributed by atoms with E-state index in [-0.39, 0.29) is 0 Å². The molecule has 0 bridgehead atoms. The average Bonchev–Trinajstić information content (AvgIpc) is 1.91. The van der Waals surface area contributed by atoms with E-state index in [1.807, 2.05) is 6.92 Å². The molecule has 0 aromatic heterocycles. The SMILES string of the molecule is CCN/C(C)=C(\C=N)C=O. The highest BCUT2D eigenvalue weighted by Crippen LogP contribution is 1.92. The van der Waals surface area contributed by atoms with Crippen LogP contribution < -0.4 is 5.32 Å². The van der Waals surface area contributed by atoms with Crippen LogP contribution in [0.1, 0.15) is 13.8 Å². The van der Waals surface area contributed by atoms with Gasteiger partial charge in [-0.2, -0.15) is 0 Å². The summed E-state index contributed by atoms with van der Waals surface area (Å²) >= 11 is 0. The fourth-order valence-electron chi connectivity index (χ4n) is 0.598. The Bertz CT molecular complexity index is 151. The van der Waals surface area contributed by atoms with Gasteiger partial charge in [-0.05, 0) is 13.8 Å². The van der Waals surface area contributed by atoms with E-state index in [2.05, 4.69) is 5.32 Å². The molecule has 0 saturated carbocycles. The highest BCUT2D eigenvalue weighted by Gasteiger charge is 1.94. The summed E-state index contributed by atoms with van der Waals surface area (Å²) in [7, 11) is 0. The summed E-state index contributed by atoms with van der Waals surface area (Å²) < 4.78 is 0. The molecule has 0 spiro atoms. The Morgan fingerprint density at radius 3 is 2.60 bits per heavy atom. The van der Waals surface area contributed by atoms with E-state index in [9.17, 15) is 4.79 Å². The third-order valence-electron chi connectivity index (χ3n) is 1.16. The highest BCUT2D eigenvalue weighted by atomic mass is 16.1. The third kappa shape index (κ3) is 2.44. The number of aldehydes is 1. The van der Waals surface area contributed by atoms with Crippen LogP contribution in [0.25, 0.3) is 0 Å². The largest absolute Gasteiger partial charge is 0.388 e. The summed E-state index contributed by atoms with van der Waals surface area (Å²) in [4.78, 5) is 10.2. The maximum atomic E-state index is 10.2. The van der Waals surface area contributed by atoms with Crippen LogP contribution in [0.2, 0.25) is 0 Å². The molecule has 0 aromatic carbocycles. The van der Waals surface area contributed by atoms with Gasteiger partial charge in [-0.15, -0.1) is 0 Å². The number of carbonyl (C=O) groups excluding carboxylic acids is 1. The van der Waals surface area contributed by atoms with E-state index < -0.39 is 0 Å². The smallest absolute Gasteiger partial charge is 0.153 e. The summed E-state index contributed by atoms with van der Waals surface area (Å²) in [6.07, 6.45) is 1.72. The zero-order valence-corrected chi connectivity index (χ0v) is 6.27. The second kappa shape index (κ2) is 4.73. The Morgan fingerprint density at radius 1 is 1.70 bits per heavy atom. The van der Waals surface area contributed by atoms with Crippen LogP contribution in [-0.2, 0) is 4.79 Å². The molecular weight excluding hydrogens is 128 g/mol. The zero-order chi connectivity index (χ0) is 7.98. The first-order chi connectivity index (χ1) is 4.76. The number of rotatable bonds is 4. The summed E-state index contributed by atoms with van der Waals surface area (Å²) in [5, 5.41) is 9.76. The van der Waals surface area contributed by atoms with Gasteiger partial charge in [0.1, 0.15) is 0 Å². The van der Waals surface area contributed by atoms with Crippen molar-refractivity contribution in [3.8, 4) is 0 Å². The van der Waals surface area contributed by atoms with Crippen molar-refractivity contribution in [2.45, 2.75) is 13.8 Å². The molecule has 0 heterocycles. The van der Waals surface area contributed by atoms with Crippen LogP contribution >= 0.6 is 0 Å². The van der Waals surface area contributed by atoms with Crippen LogP contribution in [-0.4, -0.2) is 19.0 Å². The molecule has 0 radical (unpaired) electrons. The molecule has 3 heteroatoms. The third-order valence-corrected chi connectivity index (χ3v) is 1.16. The standard InChI is InChI=1S/C7H12N2O/c1-3-9-6(2)7(4-8)5-10/h4-5,8-9H,3H2,1-2H3/b7-6+,8-4?. The van der Waals surface area contributed by atoms with Gasteiger partial charge in [0.25, 0.3) is 0 Å². The van der Waals surface area contributed by atoms with Gasteiger partial charge >= 0.3 is 0 Å². The number of allylic oxidation sites excluding steroid dienone is 2. The molecule has 0 atom stereocenters. The molecule has 0 unspecified atom stereocenters. The Balaban J connectivity index is 4.26. The topological polar surface area (TPSA) is 53.0 Å². The fourth-order valence-corrected chi connectivity index (χ4v) is 0.598. The summed E-state index contributed by atoms with van der Waals surface area (Å²) in [6, 6.07) is 0. The second-order valence-corrected chi connectivity index (χ2v) is 1.87. The Hall–Kier alpha value is -1.12. The lowest BCUT2D eigenvalue weighted by Crippen LogP contribution is -2.12. The minimum Gasteiger partial charge on any atom is -0.388 e. The van der Waals surface area contributed by atoms with Gasteiger partial charge in [0.05, 0.1) is 5.57 Å². The number of carbonyl (C=O) groups is 1. The molecule has 0 fully saturated rings. The van der Waals surface area contributed by atoms with Crippen molar-refractivity contribution in [2.24, 2.45) is 0 Å². The maximum absolute atomic E-state index is 10.2. The van der Waals surface area contributed by atoms with Crippen molar-refractivity contribution in [1.29, 1.82) is 5.41 Å². The van der Waals surface area contributed by atoms with Crippen LogP contribution in [0, 0.1) is 5.41 Å². The van der Waals surface area contributed by atoms with E-state index in [0.717, 1.165) is 18.5 Å². The van der Waals surface area contributed by atoms with Gasteiger partial charge in [0.15, 0.2) is 6.29 Å². The van der Waals surface area contributed by atoms with Crippen molar-refractivity contribution in [2.75, 3.05) is 6.54 Å². The van der Waals surface area contributed by atoms with Crippen molar-refractivity contribution < 1.29 is 4.79 Å². The number of hydrogen-bond donors (Lipinski definition) is 2. The lowest BCUT2D eigenvalue weighted by Gasteiger charge is -2.02. The van der Waals surface area contributed by atoms with Gasteiger partial charge in [-0.25, -0.2) is 0 Å². The van der Waals surface area contributed by atoms with Gasteiger partial charge in [0.2, 0.25) is 0 Å². The van der Waals surface area contributed by atoms with E-state index in [0.29, 0.717) is 11.9 Å². The Labute approximate surface area is 60.6 Å². The number of hydrogen-bond acceptors (Lipinski definition) is 3.